The van der Waals surface area contributed by atoms with Gasteiger partial charge in [-0.25, -0.2) is 0 Å². The summed E-state index contributed by atoms with van der Waals surface area (Å²) >= 11 is 0. The second kappa shape index (κ2) is 8.99. The number of Topliss-reactive ketones (excluding diaryl/α,β-unsaturated/α-hetero) is 5. The summed E-state index contributed by atoms with van der Waals surface area (Å²) in [5, 5.41) is 22.9. The van der Waals surface area contributed by atoms with Gasteiger partial charge in [-0.15, -0.1) is 0 Å². The lowest BCUT2D eigenvalue weighted by Crippen LogP contribution is -2.79. The van der Waals surface area contributed by atoms with Crippen molar-refractivity contribution < 1.29 is 39.0 Å². The number of benzene rings is 2. The van der Waals surface area contributed by atoms with Gasteiger partial charge >= 0.3 is 0 Å². The van der Waals surface area contributed by atoms with Crippen molar-refractivity contribution in [1.82, 2.24) is 4.90 Å². The molecule has 4 N–H and O–H groups in total. The molecule has 2 unspecified atom stereocenters. The average Bonchev–Trinajstić information content (AvgIpc) is 2.86. The summed E-state index contributed by atoms with van der Waals surface area (Å²) < 4.78 is 0. The number of rotatable bonds is 4. The molecule has 3 aliphatic rings. The van der Waals surface area contributed by atoms with Gasteiger partial charge in [0.1, 0.15) is 5.75 Å². The van der Waals surface area contributed by atoms with Crippen LogP contribution in [0.15, 0.2) is 36.4 Å². The maximum absolute atomic E-state index is 14.3. The Bertz CT molecular complexity index is 1590. The largest absolute Gasteiger partial charge is 0.507 e. The van der Waals surface area contributed by atoms with Crippen LogP contribution in [0.4, 0.5) is 0 Å². The topological polar surface area (TPSA) is 172 Å². The Hall–Kier alpha value is -4.02. The van der Waals surface area contributed by atoms with Gasteiger partial charge in [-0.05, 0) is 68.1 Å². The van der Waals surface area contributed by atoms with Gasteiger partial charge in [-0.2, -0.15) is 0 Å². The van der Waals surface area contributed by atoms with Crippen LogP contribution in [-0.2, 0) is 25.6 Å². The molecule has 1 amide bonds. The molecule has 0 aromatic heterocycles. The quantitative estimate of drug-likeness (QED) is 0.370. The van der Waals surface area contributed by atoms with Gasteiger partial charge in [-0.1, -0.05) is 38.1 Å². The summed E-state index contributed by atoms with van der Waals surface area (Å²) in [4.78, 5) is 81.3. The fraction of sp³-hybridized carbons (Fsp3) is 0.419. The predicted molar refractivity (Wildman–Crippen MR) is 146 cm³/mol. The molecule has 2 aromatic carbocycles. The third kappa shape index (κ3) is 3.63. The molecule has 10 heteroatoms. The summed E-state index contributed by atoms with van der Waals surface area (Å²) in [6.07, 6.45) is -0.0154. The number of nitrogens with zero attached hydrogens (tertiary/aromatic N) is 1. The van der Waals surface area contributed by atoms with Gasteiger partial charge in [0.2, 0.25) is 5.91 Å². The zero-order valence-electron chi connectivity index (χ0n) is 23.5. The minimum Gasteiger partial charge on any atom is -0.507 e. The summed E-state index contributed by atoms with van der Waals surface area (Å²) in [5.74, 6) is -9.38. The maximum atomic E-state index is 14.3. The molecule has 0 spiro atoms. The van der Waals surface area contributed by atoms with Crippen LogP contribution in [-0.4, -0.2) is 75.7 Å². The maximum Gasteiger partial charge on any atom is 0.235 e. The first kappa shape index (κ1) is 28.5. The highest BCUT2D eigenvalue weighted by molar-refractivity contribution is 6.33. The summed E-state index contributed by atoms with van der Waals surface area (Å²) in [6, 6.07) is 8.57. The highest BCUT2D eigenvalue weighted by Gasteiger charge is 2.76. The van der Waals surface area contributed by atoms with E-state index in [1.165, 1.54) is 24.8 Å². The van der Waals surface area contributed by atoms with Crippen molar-refractivity contribution in [2.24, 2.45) is 28.4 Å². The van der Waals surface area contributed by atoms with Crippen molar-refractivity contribution in [2.75, 3.05) is 14.1 Å². The Labute approximate surface area is 236 Å². The third-order valence-corrected chi connectivity index (χ3v) is 9.45. The number of carbonyl (C=O) groups excluding carboxylic acids is 6. The first-order chi connectivity index (χ1) is 19.0. The molecule has 2 saturated carbocycles. The number of likely N-dealkylation sites (N-methyl/N-ethyl adjacent to an activating group) is 1. The lowest BCUT2D eigenvalue weighted by molar-refractivity contribution is -0.203. The van der Waals surface area contributed by atoms with Gasteiger partial charge in [0.05, 0.1) is 17.5 Å². The Morgan fingerprint density at radius 2 is 1.68 bits per heavy atom. The number of fused-ring (bicyclic) bond motifs is 3. The van der Waals surface area contributed by atoms with Crippen LogP contribution in [0.5, 0.6) is 5.75 Å². The summed E-state index contributed by atoms with van der Waals surface area (Å²) in [5.41, 5.74) is 1.69. The van der Waals surface area contributed by atoms with Crippen molar-refractivity contribution in [3.8, 4) is 16.9 Å². The van der Waals surface area contributed by atoms with E-state index in [0.29, 0.717) is 22.3 Å². The molecule has 0 aliphatic heterocycles. The number of aliphatic hydroxyl groups is 1. The average molecular weight is 561 g/mol. The Morgan fingerprint density at radius 3 is 2.27 bits per heavy atom. The molecular weight excluding hydrogens is 528 g/mol. The normalized spacial score (nSPS) is 32.8. The fourth-order valence-corrected chi connectivity index (χ4v) is 7.90. The Balaban J connectivity index is 1.74. The van der Waals surface area contributed by atoms with Crippen LogP contribution >= 0.6 is 0 Å². The van der Waals surface area contributed by atoms with Crippen LogP contribution in [0.3, 0.4) is 0 Å². The molecule has 10 nitrogen and oxygen atoms in total. The van der Waals surface area contributed by atoms with E-state index in [1.54, 1.807) is 51.4 Å². The molecule has 3 aliphatic carbocycles. The minimum atomic E-state index is -2.85. The zero-order chi connectivity index (χ0) is 30.4. The predicted octanol–water partition coefficient (Wildman–Crippen LogP) is 1.52. The molecule has 41 heavy (non-hydrogen) atoms. The highest BCUT2D eigenvalue weighted by atomic mass is 16.3. The van der Waals surface area contributed by atoms with Crippen molar-refractivity contribution in [1.29, 1.82) is 0 Å². The van der Waals surface area contributed by atoms with Crippen LogP contribution in [0, 0.1) is 22.7 Å². The number of hydrogen-bond donors (Lipinski definition) is 3. The number of phenolic OH excluding ortho intramolecular Hbond substituents is 1. The molecule has 0 bridgehead atoms. The number of ketones is 5. The Kier molecular flexibility index (Phi) is 6.25. The van der Waals surface area contributed by atoms with E-state index in [9.17, 15) is 39.0 Å². The molecule has 5 rings (SSSR count). The van der Waals surface area contributed by atoms with E-state index < -0.39 is 63.3 Å². The van der Waals surface area contributed by atoms with E-state index in [2.05, 4.69) is 0 Å². The lowest BCUT2D eigenvalue weighted by Gasteiger charge is -2.61. The second-order valence-corrected chi connectivity index (χ2v) is 12.4. The minimum absolute atomic E-state index is 0.0892. The first-order valence-corrected chi connectivity index (χ1v) is 13.3. The van der Waals surface area contributed by atoms with Gasteiger partial charge in [0, 0.05) is 11.0 Å². The number of primary amides is 1. The molecule has 6 atom stereocenters. The highest BCUT2D eigenvalue weighted by Crippen LogP contribution is 2.62. The summed E-state index contributed by atoms with van der Waals surface area (Å²) in [7, 11) is 3.08. The molecule has 0 radical (unpaired) electrons. The van der Waals surface area contributed by atoms with Gasteiger partial charge < -0.3 is 15.9 Å². The van der Waals surface area contributed by atoms with Gasteiger partial charge in [-0.3, -0.25) is 33.7 Å². The number of hydrogen-bond acceptors (Lipinski definition) is 9. The Morgan fingerprint density at radius 1 is 1.02 bits per heavy atom. The fourth-order valence-electron chi connectivity index (χ4n) is 7.90. The van der Waals surface area contributed by atoms with Crippen molar-refractivity contribution >= 4 is 34.8 Å². The van der Waals surface area contributed by atoms with Crippen LogP contribution in [0.2, 0.25) is 0 Å². The molecule has 2 aromatic rings. The number of aromatic hydroxyl groups is 1. The van der Waals surface area contributed by atoms with Gasteiger partial charge in [0.25, 0.3) is 0 Å². The standard InChI is InChI=1S/C31H32N2O8/c1-14(34)15-7-6-8-16(11-15)17-9-10-19(35)20-18(17)12-29(2)13-30(3)25(33(4)5)24(37)21(28(32)40)26(38)31(30,41)27(39)22(29)23(20)36/h6-11,21-22,25,35,41H,12-13H2,1-5H3,(H2,32,40)/t21?,22?,25-,29+,30+,31-/m1/s1. The lowest BCUT2D eigenvalue weighted by atomic mass is 9.42. The number of nitrogens with two attached hydrogens (primary N) is 1. The third-order valence-electron chi connectivity index (χ3n) is 9.45. The smallest absolute Gasteiger partial charge is 0.235 e. The summed E-state index contributed by atoms with van der Waals surface area (Å²) in [6.45, 7) is 4.60. The zero-order valence-corrected chi connectivity index (χ0v) is 23.5. The number of phenols is 1. The van der Waals surface area contributed by atoms with E-state index in [0.717, 1.165) is 0 Å². The van der Waals surface area contributed by atoms with E-state index >= 15 is 0 Å². The SMILES string of the molecule is CC(=O)c1cccc(-c2ccc(O)c3c2C[C@@]2(C)C[C@@]4(C)[C@H](N(C)C)C(=O)C(C(N)=O)C(=O)[C@@]4(O)C(=O)C2C3=O)c1. The molecule has 0 heterocycles. The monoisotopic (exact) mass is 560 g/mol. The van der Waals surface area contributed by atoms with E-state index in [1.807, 2.05) is 0 Å². The van der Waals surface area contributed by atoms with E-state index in [-0.39, 0.29) is 29.9 Å². The van der Waals surface area contributed by atoms with Crippen molar-refractivity contribution in [2.45, 2.75) is 45.3 Å². The van der Waals surface area contributed by atoms with E-state index in [4.69, 9.17) is 5.73 Å². The molecule has 214 valence electrons. The van der Waals surface area contributed by atoms with Crippen LogP contribution in [0.25, 0.3) is 11.1 Å². The van der Waals surface area contributed by atoms with Crippen LogP contribution in [0.1, 0.15) is 53.5 Å². The van der Waals surface area contributed by atoms with Crippen LogP contribution < -0.4 is 5.73 Å². The van der Waals surface area contributed by atoms with Crippen molar-refractivity contribution in [3.63, 3.8) is 0 Å². The number of carbonyl (C=O) groups is 6. The second-order valence-electron chi connectivity index (χ2n) is 12.4. The molecule has 2 fully saturated rings. The molecule has 0 saturated heterocycles. The van der Waals surface area contributed by atoms with Crippen molar-refractivity contribution in [3.05, 3.63) is 53.1 Å². The van der Waals surface area contributed by atoms with Gasteiger partial charge in [0.15, 0.2) is 40.4 Å². The number of amides is 1. The first-order valence-electron chi connectivity index (χ1n) is 13.3. The molecular formula is C31H32N2O8.